The molecule has 0 spiro atoms. The lowest BCUT2D eigenvalue weighted by molar-refractivity contribution is -0.138. The Bertz CT molecular complexity index is 414. The van der Waals surface area contributed by atoms with Crippen molar-refractivity contribution < 1.29 is 13.2 Å². The van der Waals surface area contributed by atoms with Gasteiger partial charge in [-0.2, -0.15) is 13.2 Å². The molecule has 0 heterocycles. The second-order valence-electron chi connectivity index (χ2n) is 5.32. The van der Waals surface area contributed by atoms with Crippen LogP contribution < -0.4 is 5.32 Å². The summed E-state index contributed by atoms with van der Waals surface area (Å²) in [5.41, 5.74) is -0.178. The number of nitrogens with one attached hydrogen (secondary N) is 1. The average Bonchev–Trinajstić information content (AvgIpc) is 2.83. The monoisotopic (exact) mass is 271 g/mol. The number of hydrogen-bond acceptors (Lipinski definition) is 1. The highest BCUT2D eigenvalue weighted by Crippen LogP contribution is 2.32. The van der Waals surface area contributed by atoms with E-state index in [1.165, 1.54) is 12.5 Å². The van der Waals surface area contributed by atoms with E-state index in [2.05, 4.69) is 12.2 Å². The zero-order valence-corrected chi connectivity index (χ0v) is 11.1. The third-order valence-electron chi connectivity index (χ3n) is 4.02. The third kappa shape index (κ3) is 3.72. The number of rotatable bonds is 4. The van der Waals surface area contributed by atoms with E-state index in [0.717, 1.165) is 31.2 Å². The van der Waals surface area contributed by atoms with Crippen LogP contribution >= 0.6 is 0 Å². The van der Waals surface area contributed by atoms with Crippen molar-refractivity contribution in [3.05, 3.63) is 35.4 Å². The molecule has 2 rings (SSSR count). The molecule has 1 nitrogen and oxygen atoms in total. The van der Waals surface area contributed by atoms with E-state index in [-0.39, 0.29) is 0 Å². The van der Waals surface area contributed by atoms with Gasteiger partial charge in [-0.1, -0.05) is 31.5 Å². The van der Waals surface area contributed by atoms with Crippen LogP contribution in [0.15, 0.2) is 24.3 Å². The van der Waals surface area contributed by atoms with E-state index in [1.54, 1.807) is 12.1 Å². The normalized spacial score (nSPS) is 23.8. The Morgan fingerprint density at radius 2 is 1.95 bits per heavy atom. The van der Waals surface area contributed by atoms with Gasteiger partial charge in [0.2, 0.25) is 0 Å². The molecule has 4 heteroatoms. The van der Waals surface area contributed by atoms with Crippen molar-refractivity contribution in [3.63, 3.8) is 0 Å². The molecule has 1 aromatic rings. The minimum absolute atomic E-state index is 0.302. The highest BCUT2D eigenvalue weighted by Gasteiger charge is 2.33. The summed E-state index contributed by atoms with van der Waals surface area (Å²) in [7, 11) is 0. The first kappa shape index (κ1) is 14.4. The summed E-state index contributed by atoms with van der Waals surface area (Å²) in [6.45, 7) is 2.47. The van der Waals surface area contributed by atoms with E-state index < -0.39 is 11.7 Å². The Labute approximate surface area is 112 Å². The average molecular weight is 271 g/mol. The van der Waals surface area contributed by atoms with Crippen LogP contribution in [0, 0.1) is 5.92 Å². The van der Waals surface area contributed by atoms with Crippen LogP contribution in [0.1, 0.15) is 43.7 Å². The molecular formula is C15H20F3N. The second-order valence-corrected chi connectivity index (χ2v) is 5.32. The Kier molecular flexibility index (Phi) is 4.50. The molecule has 0 aromatic heterocycles. The minimum Gasteiger partial charge on any atom is -0.310 e. The Morgan fingerprint density at radius 3 is 2.58 bits per heavy atom. The highest BCUT2D eigenvalue weighted by molar-refractivity contribution is 5.29. The van der Waals surface area contributed by atoms with Crippen molar-refractivity contribution in [1.82, 2.24) is 5.32 Å². The molecule has 1 aromatic carbocycles. The lowest BCUT2D eigenvalue weighted by Gasteiger charge is -2.16. The lowest BCUT2D eigenvalue weighted by atomic mass is 10.0. The van der Waals surface area contributed by atoms with Crippen molar-refractivity contribution in [1.29, 1.82) is 0 Å². The zero-order valence-electron chi connectivity index (χ0n) is 11.1. The van der Waals surface area contributed by atoms with Crippen molar-refractivity contribution in [2.45, 2.75) is 51.4 Å². The maximum atomic E-state index is 12.8. The second kappa shape index (κ2) is 5.95. The zero-order chi connectivity index (χ0) is 13.9. The maximum Gasteiger partial charge on any atom is 0.416 e. The first-order chi connectivity index (χ1) is 9.00. The van der Waals surface area contributed by atoms with Crippen LogP contribution in [0.3, 0.4) is 0 Å². The van der Waals surface area contributed by atoms with Crippen LogP contribution in [0.2, 0.25) is 0 Å². The molecule has 2 unspecified atom stereocenters. The predicted octanol–water partition coefficient (Wildman–Crippen LogP) is 4.37. The Hall–Kier alpha value is -1.03. The van der Waals surface area contributed by atoms with Gasteiger partial charge in [-0.05, 0) is 36.8 Å². The molecule has 1 fully saturated rings. The first-order valence-corrected chi connectivity index (χ1v) is 6.89. The van der Waals surface area contributed by atoms with Gasteiger partial charge in [0.25, 0.3) is 0 Å². The summed E-state index contributed by atoms with van der Waals surface area (Å²) in [6, 6.07) is 6.18. The fraction of sp³-hybridized carbons (Fsp3) is 0.600. The molecule has 0 saturated heterocycles. The summed E-state index contributed by atoms with van der Waals surface area (Å²) in [6.07, 6.45) is 0.254. The van der Waals surface area contributed by atoms with Crippen LogP contribution in [0.4, 0.5) is 13.2 Å². The molecule has 106 valence electrons. The van der Waals surface area contributed by atoms with Gasteiger partial charge in [0, 0.05) is 12.6 Å². The smallest absolute Gasteiger partial charge is 0.310 e. The van der Waals surface area contributed by atoms with Crippen LogP contribution in [0.5, 0.6) is 0 Å². The van der Waals surface area contributed by atoms with Crippen LogP contribution in [-0.4, -0.2) is 6.04 Å². The fourth-order valence-electron chi connectivity index (χ4n) is 2.84. The Balaban J connectivity index is 1.97. The minimum atomic E-state index is -4.26. The fourth-order valence-corrected chi connectivity index (χ4v) is 2.84. The van der Waals surface area contributed by atoms with Gasteiger partial charge >= 0.3 is 6.18 Å². The number of alkyl halides is 3. The SMILES string of the molecule is CCC1CCC(NCc2ccccc2C(F)(F)F)C1. The third-order valence-corrected chi connectivity index (χ3v) is 4.02. The molecule has 1 N–H and O–H groups in total. The number of halogens is 3. The molecule has 0 aliphatic heterocycles. The molecule has 1 saturated carbocycles. The standard InChI is InChI=1S/C15H20F3N/c1-2-11-7-8-13(9-11)19-10-12-5-3-4-6-14(12)15(16,17)18/h3-6,11,13,19H,2,7-10H2,1H3. The number of benzene rings is 1. The van der Waals surface area contributed by atoms with Gasteiger partial charge < -0.3 is 5.32 Å². The van der Waals surface area contributed by atoms with Gasteiger partial charge in [-0.3, -0.25) is 0 Å². The molecule has 0 amide bonds. The summed E-state index contributed by atoms with van der Waals surface area (Å²) in [5.74, 6) is 0.732. The van der Waals surface area contributed by atoms with E-state index in [1.807, 2.05) is 0 Å². The van der Waals surface area contributed by atoms with Gasteiger partial charge in [-0.25, -0.2) is 0 Å². The molecule has 1 aliphatic carbocycles. The van der Waals surface area contributed by atoms with Gasteiger partial charge in [-0.15, -0.1) is 0 Å². The van der Waals surface area contributed by atoms with Crippen molar-refractivity contribution in [2.24, 2.45) is 5.92 Å². The van der Waals surface area contributed by atoms with Crippen molar-refractivity contribution in [3.8, 4) is 0 Å². The van der Waals surface area contributed by atoms with Crippen LogP contribution in [-0.2, 0) is 12.7 Å². The lowest BCUT2D eigenvalue weighted by Crippen LogP contribution is -2.27. The predicted molar refractivity (Wildman–Crippen MR) is 69.7 cm³/mol. The summed E-state index contributed by atoms with van der Waals surface area (Å²) in [5, 5.41) is 3.27. The molecule has 19 heavy (non-hydrogen) atoms. The molecule has 0 radical (unpaired) electrons. The van der Waals surface area contributed by atoms with E-state index in [9.17, 15) is 13.2 Å². The van der Waals surface area contributed by atoms with Crippen molar-refractivity contribution >= 4 is 0 Å². The maximum absolute atomic E-state index is 12.8. The van der Waals surface area contributed by atoms with Gasteiger partial charge in [0.05, 0.1) is 5.56 Å². The molecule has 0 bridgehead atoms. The van der Waals surface area contributed by atoms with Crippen LogP contribution in [0.25, 0.3) is 0 Å². The summed E-state index contributed by atoms with van der Waals surface area (Å²) >= 11 is 0. The summed E-state index contributed by atoms with van der Waals surface area (Å²) < 4.78 is 38.5. The quantitative estimate of drug-likeness (QED) is 0.857. The Morgan fingerprint density at radius 1 is 1.21 bits per heavy atom. The molecule has 2 atom stereocenters. The largest absolute Gasteiger partial charge is 0.416 e. The topological polar surface area (TPSA) is 12.0 Å². The molecular weight excluding hydrogens is 251 g/mol. The van der Waals surface area contributed by atoms with E-state index >= 15 is 0 Å². The molecule has 1 aliphatic rings. The number of hydrogen-bond donors (Lipinski definition) is 1. The van der Waals surface area contributed by atoms with E-state index in [0.29, 0.717) is 18.2 Å². The highest BCUT2D eigenvalue weighted by atomic mass is 19.4. The van der Waals surface area contributed by atoms with Crippen molar-refractivity contribution in [2.75, 3.05) is 0 Å². The van der Waals surface area contributed by atoms with Gasteiger partial charge in [0.1, 0.15) is 0 Å². The van der Waals surface area contributed by atoms with Gasteiger partial charge in [0.15, 0.2) is 0 Å². The first-order valence-electron chi connectivity index (χ1n) is 6.89. The van der Waals surface area contributed by atoms with E-state index in [4.69, 9.17) is 0 Å². The summed E-state index contributed by atoms with van der Waals surface area (Å²) in [4.78, 5) is 0.